The number of hydrogen-bond donors (Lipinski definition) is 1. The highest BCUT2D eigenvalue weighted by Gasteiger charge is 2.36. The highest BCUT2D eigenvalue weighted by molar-refractivity contribution is 8.17. The third kappa shape index (κ3) is 3.82. The van der Waals surface area contributed by atoms with Crippen LogP contribution in [0, 0.1) is 12.3 Å². The van der Waals surface area contributed by atoms with Crippen molar-refractivity contribution >= 4 is 51.3 Å². The number of carbonyl (C=O) groups excluding carboxylic acids is 1. The van der Waals surface area contributed by atoms with Crippen molar-refractivity contribution in [2.45, 2.75) is 13.5 Å². The van der Waals surface area contributed by atoms with E-state index in [0.29, 0.717) is 5.17 Å². The van der Waals surface area contributed by atoms with Crippen LogP contribution in [0.3, 0.4) is 0 Å². The van der Waals surface area contributed by atoms with E-state index < -0.39 is 0 Å². The van der Waals surface area contributed by atoms with Crippen molar-refractivity contribution in [2.75, 3.05) is 0 Å². The van der Waals surface area contributed by atoms with E-state index in [2.05, 4.69) is 59.1 Å². The summed E-state index contributed by atoms with van der Waals surface area (Å²) in [5.41, 5.74) is 6.55. The Morgan fingerprint density at radius 2 is 1.71 bits per heavy atom. The predicted molar refractivity (Wildman–Crippen MR) is 144 cm³/mol. The Morgan fingerprint density at radius 1 is 0.971 bits per heavy atom. The maximum Gasteiger partial charge on any atom is 0.283 e. The van der Waals surface area contributed by atoms with Gasteiger partial charge in [0.15, 0.2) is 5.17 Å². The van der Waals surface area contributed by atoms with Gasteiger partial charge in [-0.05, 0) is 30.2 Å². The van der Waals surface area contributed by atoms with Crippen LogP contribution in [0.4, 0.5) is 0 Å². The third-order valence-electron chi connectivity index (χ3n) is 6.28. The Bertz CT molecular complexity index is 1580. The summed E-state index contributed by atoms with van der Waals surface area (Å²) in [7, 11) is 0. The first-order valence-electron chi connectivity index (χ1n) is 11.4. The molecule has 170 valence electrons. The standard InChI is InChI=1S/C29H22N4OS/c1-19-11-13-20(14-12-19)16-32-17-22(23-9-5-6-10-25(23)32)15-24-27(30)33-26(21-7-3-2-4-8-21)18-35-29(33)31-28(24)34/h2-15,17-18,30H,16H2,1H3. The first-order valence-corrected chi connectivity index (χ1v) is 12.3. The van der Waals surface area contributed by atoms with E-state index in [1.807, 2.05) is 53.9 Å². The van der Waals surface area contributed by atoms with Gasteiger partial charge in [0.05, 0.1) is 11.3 Å². The number of nitrogens with zero attached hydrogens (tertiary/aromatic N) is 3. The van der Waals surface area contributed by atoms with E-state index in [1.165, 1.54) is 22.9 Å². The fourth-order valence-electron chi connectivity index (χ4n) is 4.48. The minimum Gasteiger partial charge on any atom is -0.342 e. The van der Waals surface area contributed by atoms with Crippen LogP contribution in [-0.2, 0) is 11.3 Å². The molecule has 3 heterocycles. The zero-order chi connectivity index (χ0) is 23.9. The number of aryl methyl sites for hydroxylation is 1. The molecule has 35 heavy (non-hydrogen) atoms. The van der Waals surface area contributed by atoms with Crippen LogP contribution < -0.4 is 0 Å². The van der Waals surface area contributed by atoms with Gasteiger partial charge in [-0.2, -0.15) is 4.99 Å². The van der Waals surface area contributed by atoms with Crippen molar-refractivity contribution < 1.29 is 4.79 Å². The fourth-order valence-corrected chi connectivity index (χ4v) is 5.37. The maximum absolute atomic E-state index is 13.0. The summed E-state index contributed by atoms with van der Waals surface area (Å²) in [5.74, 6) is -0.234. The quantitative estimate of drug-likeness (QED) is 0.353. The number of aliphatic imine (C=N–C) groups is 1. The summed E-state index contributed by atoms with van der Waals surface area (Å²) < 4.78 is 2.19. The molecule has 0 aliphatic carbocycles. The molecule has 1 amide bonds. The first-order chi connectivity index (χ1) is 17.1. The molecule has 0 bridgehead atoms. The van der Waals surface area contributed by atoms with Gasteiger partial charge < -0.3 is 4.57 Å². The Morgan fingerprint density at radius 3 is 2.51 bits per heavy atom. The van der Waals surface area contributed by atoms with E-state index >= 15 is 0 Å². The number of hydrogen-bond acceptors (Lipinski definition) is 3. The molecule has 0 unspecified atom stereocenters. The second kappa shape index (κ2) is 8.56. The zero-order valence-electron chi connectivity index (χ0n) is 19.1. The van der Waals surface area contributed by atoms with Crippen LogP contribution in [-0.4, -0.2) is 26.4 Å². The normalized spacial score (nSPS) is 16.6. The number of nitrogens with one attached hydrogen (secondary N) is 1. The average molecular weight is 475 g/mol. The van der Waals surface area contributed by atoms with Crippen LogP contribution in [0.5, 0.6) is 0 Å². The summed E-state index contributed by atoms with van der Waals surface area (Å²) in [6.07, 6.45) is 3.87. The third-order valence-corrected chi connectivity index (χ3v) is 7.10. The van der Waals surface area contributed by atoms with Crippen LogP contribution in [0.1, 0.15) is 22.3 Å². The smallest absolute Gasteiger partial charge is 0.283 e. The number of aromatic nitrogens is 1. The number of amidine groups is 2. The van der Waals surface area contributed by atoms with Gasteiger partial charge >= 0.3 is 0 Å². The molecule has 0 radical (unpaired) electrons. The van der Waals surface area contributed by atoms with Gasteiger partial charge in [-0.3, -0.25) is 15.1 Å². The van der Waals surface area contributed by atoms with Crippen molar-refractivity contribution in [1.29, 1.82) is 5.41 Å². The van der Waals surface area contributed by atoms with Crippen LogP contribution in [0.25, 0.3) is 22.7 Å². The monoisotopic (exact) mass is 474 g/mol. The molecule has 0 saturated heterocycles. The van der Waals surface area contributed by atoms with E-state index in [4.69, 9.17) is 5.41 Å². The van der Waals surface area contributed by atoms with Crippen LogP contribution in [0.15, 0.2) is 101 Å². The molecule has 1 N–H and O–H groups in total. The Balaban J connectivity index is 1.40. The highest BCUT2D eigenvalue weighted by Crippen LogP contribution is 2.37. The van der Waals surface area contributed by atoms with Crippen molar-refractivity contribution in [3.63, 3.8) is 0 Å². The van der Waals surface area contributed by atoms with Crippen LogP contribution >= 0.6 is 11.8 Å². The van der Waals surface area contributed by atoms with Gasteiger partial charge in [0.1, 0.15) is 5.84 Å². The maximum atomic E-state index is 13.0. The van der Waals surface area contributed by atoms with Gasteiger partial charge in [-0.15, -0.1) is 0 Å². The predicted octanol–water partition coefficient (Wildman–Crippen LogP) is 6.30. The summed E-state index contributed by atoms with van der Waals surface area (Å²) >= 11 is 1.37. The Kier molecular flexibility index (Phi) is 5.23. The van der Waals surface area contributed by atoms with Crippen molar-refractivity contribution in [2.24, 2.45) is 4.99 Å². The van der Waals surface area contributed by atoms with Gasteiger partial charge in [0, 0.05) is 34.6 Å². The highest BCUT2D eigenvalue weighted by atomic mass is 32.2. The molecule has 6 rings (SSSR count). The van der Waals surface area contributed by atoms with E-state index in [0.717, 1.165) is 34.3 Å². The summed E-state index contributed by atoms with van der Waals surface area (Å²) in [4.78, 5) is 19.1. The fraction of sp³-hybridized carbons (Fsp3) is 0.0690. The number of fused-ring (bicyclic) bond motifs is 2. The topological polar surface area (TPSA) is 61.5 Å². The lowest BCUT2D eigenvalue weighted by molar-refractivity contribution is -0.114. The summed E-state index contributed by atoms with van der Waals surface area (Å²) in [6, 6.07) is 26.6. The second-order valence-electron chi connectivity index (χ2n) is 8.64. The Labute approximate surface area is 207 Å². The molecular formula is C29H22N4OS. The SMILES string of the molecule is Cc1ccc(Cn2cc(C=C3C(=N)N4C(c5ccccc5)=CSC4=NC3=O)c3ccccc32)cc1. The van der Waals surface area contributed by atoms with E-state index in [1.54, 1.807) is 4.90 Å². The number of amides is 1. The van der Waals surface area contributed by atoms with Gasteiger partial charge in [-0.25, -0.2) is 0 Å². The zero-order valence-corrected chi connectivity index (χ0v) is 19.9. The average Bonchev–Trinajstić information content (AvgIpc) is 3.45. The molecule has 0 spiro atoms. The van der Waals surface area contributed by atoms with E-state index in [9.17, 15) is 4.79 Å². The first kappa shape index (κ1) is 21.4. The number of carbonyl (C=O) groups is 1. The summed E-state index contributed by atoms with van der Waals surface area (Å²) in [6.45, 7) is 2.81. The lowest BCUT2D eigenvalue weighted by Crippen LogP contribution is -2.37. The molecule has 2 aliphatic heterocycles. The number of thioether (sulfide) groups is 1. The van der Waals surface area contributed by atoms with Crippen LogP contribution in [0.2, 0.25) is 0 Å². The number of benzene rings is 3. The van der Waals surface area contributed by atoms with Crippen molar-refractivity contribution in [1.82, 2.24) is 9.47 Å². The lowest BCUT2D eigenvalue weighted by atomic mass is 10.1. The van der Waals surface area contributed by atoms with Crippen molar-refractivity contribution in [3.8, 4) is 0 Å². The molecule has 3 aromatic carbocycles. The van der Waals surface area contributed by atoms with Gasteiger partial charge in [-0.1, -0.05) is 90.1 Å². The molecule has 0 fully saturated rings. The molecule has 1 aromatic heterocycles. The largest absolute Gasteiger partial charge is 0.342 e. The number of rotatable bonds is 4. The minimum absolute atomic E-state index is 0.149. The molecular weight excluding hydrogens is 452 g/mol. The second-order valence-corrected chi connectivity index (χ2v) is 9.48. The summed E-state index contributed by atoms with van der Waals surface area (Å²) in [5, 5.41) is 12.5. The molecule has 6 heteroatoms. The minimum atomic E-state index is -0.383. The molecule has 2 aliphatic rings. The molecule has 0 saturated carbocycles. The van der Waals surface area contributed by atoms with Gasteiger partial charge in [0.2, 0.25) is 0 Å². The van der Waals surface area contributed by atoms with E-state index in [-0.39, 0.29) is 17.3 Å². The molecule has 4 aromatic rings. The van der Waals surface area contributed by atoms with Gasteiger partial charge in [0.25, 0.3) is 5.91 Å². The number of para-hydroxylation sites is 1. The molecule has 0 atom stereocenters. The lowest BCUT2D eigenvalue weighted by Gasteiger charge is -2.26. The Hall–Kier alpha value is -4.16. The molecule has 5 nitrogen and oxygen atoms in total. The van der Waals surface area contributed by atoms with Crippen molar-refractivity contribution in [3.05, 3.63) is 118 Å².